The number of amides is 2. The summed E-state index contributed by atoms with van der Waals surface area (Å²) in [6.07, 6.45) is 2.99. The SMILES string of the molecule is CCCN(CC(=O)Nc1ncc(C)s1)C(=O)CC(C)(C)C. The minimum absolute atomic E-state index is 0.0230. The second-order valence-corrected chi connectivity index (χ2v) is 7.61. The Bertz CT molecular complexity index is 491. The molecule has 0 saturated carbocycles. The van der Waals surface area contributed by atoms with Gasteiger partial charge in [0.1, 0.15) is 0 Å². The van der Waals surface area contributed by atoms with Gasteiger partial charge in [-0.15, -0.1) is 11.3 Å². The highest BCUT2D eigenvalue weighted by Crippen LogP contribution is 2.20. The van der Waals surface area contributed by atoms with Crippen LogP contribution in [0.3, 0.4) is 0 Å². The molecule has 118 valence electrons. The van der Waals surface area contributed by atoms with Crippen molar-refractivity contribution in [3.8, 4) is 0 Å². The predicted octanol–water partition coefficient (Wildman–Crippen LogP) is 3.06. The highest BCUT2D eigenvalue weighted by molar-refractivity contribution is 7.15. The number of thiazole rings is 1. The maximum Gasteiger partial charge on any atom is 0.245 e. The fourth-order valence-corrected chi connectivity index (χ4v) is 2.55. The Labute approximate surface area is 130 Å². The summed E-state index contributed by atoms with van der Waals surface area (Å²) in [5.41, 5.74) is -0.0774. The van der Waals surface area contributed by atoms with Crippen LogP contribution in [-0.4, -0.2) is 34.8 Å². The van der Waals surface area contributed by atoms with Gasteiger partial charge in [0, 0.05) is 24.0 Å². The fraction of sp³-hybridized carbons (Fsp3) is 0.667. The number of aromatic nitrogens is 1. The molecule has 2 amide bonds. The zero-order valence-corrected chi connectivity index (χ0v) is 14.3. The van der Waals surface area contributed by atoms with Crippen molar-refractivity contribution >= 4 is 28.3 Å². The number of carbonyl (C=O) groups excluding carboxylic acids is 2. The van der Waals surface area contributed by atoms with E-state index in [-0.39, 0.29) is 23.8 Å². The fourth-order valence-electron chi connectivity index (χ4n) is 1.87. The minimum atomic E-state index is -0.194. The average molecular weight is 311 g/mol. The number of hydrogen-bond donors (Lipinski definition) is 1. The van der Waals surface area contributed by atoms with Gasteiger partial charge < -0.3 is 10.2 Å². The lowest BCUT2D eigenvalue weighted by molar-refractivity contribution is -0.136. The summed E-state index contributed by atoms with van der Waals surface area (Å²) in [6.45, 7) is 10.7. The Kier molecular flexibility index (Phi) is 6.33. The summed E-state index contributed by atoms with van der Waals surface area (Å²) < 4.78 is 0. The van der Waals surface area contributed by atoms with Crippen molar-refractivity contribution in [2.45, 2.75) is 47.5 Å². The third kappa shape index (κ3) is 6.71. The lowest BCUT2D eigenvalue weighted by Gasteiger charge is -2.25. The van der Waals surface area contributed by atoms with Crippen molar-refractivity contribution in [2.24, 2.45) is 5.41 Å². The van der Waals surface area contributed by atoms with Crippen molar-refractivity contribution < 1.29 is 9.59 Å². The van der Waals surface area contributed by atoms with Gasteiger partial charge in [-0.1, -0.05) is 27.7 Å². The Hall–Kier alpha value is -1.43. The number of hydrogen-bond acceptors (Lipinski definition) is 4. The smallest absolute Gasteiger partial charge is 0.245 e. The molecule has 0 bridgehead atoms. The summed E-state index contributed by atoms with van der Waals surface area (Å²) in [4.78, 5) is 31.1. The van der Waals surface area contributed by atoms with E-state index in [9.17, 15) is 9.59 Å². The van der Waals surface area contributed by atoms with Gasteiger partial charge in [0.25, 0.3) is 0 Å². The van der Waals surface area contributed by atoms with E-state index in [1.54, 1.807) is 11.1 Å². The van der Waals surface area contributed by atoms with Gasteiger partial charge in [0.2, 0.25) is 11.8 Å². The molecule has 0 saturated heterocycles. The zero-order valence-electron chi connectivity index (χ0n) is 13.5. The Morgan fingerprint density at radius 1 is 1.38 bits per heavy atom. The van der Waals surface area contributed by atoms with Crippen LogP contribution in [0.5, 0.6) is 0 Å². The first-order valence-electron chi connectivity index (χ1n) is 7.21. The summed E-state index contributed by atoms with van der Waals surface area (Å²) in [5, 5.41) is 3.32. The normalized spacial score (nSPS) is 11.3. The molecule has 5 nitrogen and oxygen atoms in total. The topological polar surface area (TPSA) is 62.3 Å². The molecule has 0 aromatic carbocycles. The van der Waals surface area contributed by atoms with Crippen LogP contribution >= 0.6 is 11.3 Å². The van der Waals surface area contributed by atoms with Crippen LogP contribution in [0.4, 0.5) is 5.13 Å². The van der Waals surface area contributed by atoms with Crippen LogP contribution in [-0.2, 0) is 9.59 Å². The number of aryl methyl sites for hydroxylation is 1. The molecule has 0 unspecified atom stereocenters. The molecule has 0 atom stereocenters. The zero-order chi connectivity index (χ0) is 16.0. The van der Waals surface area contributed by atoms with Gasteiger partial charge in [-0.05, 0) is 18.8 Å². The second-order valence-electron chi connectivity index (χ2n) is 6.38. The maximum absolute atomic E-state index is 12.3. The van der Waals surface area contributed by atoms with Gasteiger partial charge in [-0.3, -0.25) is 9.59 Å². The average Bonchev–Trinajstić information content (AvgIpc) is 2.71. The lowest BCUT2D eigenvalue weighted by Crippen LogP contribution is -2.39. The third-order valence-electron chi connectivity index (χ3n) is 2.73. The molecule has 6 heteroatoms. The van der Waals surface area contributed by atoms with Crippen LogP contribution < -0.4 is 5.32 Å². The number of carbonyl (C=O) groups is 2. The van der Waals surface area contributed by atoms with Crippen molar-refractivity contribution in [1.82, 2.24) is 9.88 Å². The molecule has 0 fully saturated rings. The lowest BCUT2D eigenvalue weighted by atomic mass is 9.91. The van der Waals surface area contributed by atoms with Gasteiger partial charge >= 0.3 is 0 Å². The summed E-state index contributed by atoms with van der Waals surface area (Å²) in [5.74, 6) is -0.171. The molecular weight excluding hydrogens is 286 g/mol. The molecule has 0 aliphatic carbocycles. The first kappa shape index (κ1) is 17.6. The summed E-state index contributed by atoms with van der Waals surface area (Å²) >= 11 is 1.43. The maximum atomic E-state index is 12.3. The van der Waals surface area contributed by atoms with E-state index < -0.39 is 0 Å². The van der Waals surface area contributed by atoms with Crippen molar-refractivity contribution in [1.29, 1.82) is 0 Å². The van der Waals surface area contributed by atoms with Crippen molar-refractivity contribution in [3.63, 3.8) is 0 Å². The standard InChI is InChI=1S/C15H25N3O2S/c1-6-7-18(13(20)8-15(3,4)5)10-12(19)17-14-16-9-11(2)21-14/h9H,6-8,10H2,1-5H3,(H,16,17,19). The number of rotatable bonds is 6. The molecule has 1 N–H and O–H groups in total. The van der Waals surface area contributed by atoms with E-state index in [0.29, 0.717) is 18.1 Å². The molecule has 21 heavy (non-hydrogen) atoms. The molecule has 0 spiro atoms. The number of nitrogens with zero attached hydrogens (tertiary/aromatic N) is 2. The van der Waals surface area contributed by atoms with Crippen LogP contribution in [0.15, 0.2) is 6.20 Å². The van der Waals surface area contributed by atoms with E-state index in [0.717, 1.165) is 11.3 Å². The van der Waals surface area contributed by atoms with Gasteiger partial charge in [-0.25, -0.2) is 4.98 Å². The van der Waals surface area contributed by atoms with E-state index >= 15 is 0 Å². The number of anilines is 1. The van der Waals surface area contributed by atoms with Crippen LogP contribution in [0.25, 0.3) is 0 Å². The molecular formula is C15H25N3O2S. The van der Waals surface area contributed by atoms with E-state index in [4.69, 9.17) is 0 Å². The minimum Gasteiger partial charge on any atom is -0.333 e. The second kappa shape index (κ2) is 7.54. The molecule has 1 aromatic rings. The first-order valence-corrected chi connectivity index (χ1v) is 8.03. The predicted molar refractivity (Wildman–Crippen MR) is 86.4 cm³/mol. The summed E-state index contributed by atoms with van der Waals surface area (Å²) in [6, 6.07) is 0. The van der Waals surface area contributed by atoms with Crippen molar-refractivity contribution in [3.05, 3.63) is 11.1 Å². The Morgan fingerprint density at radius 3 is 2.52 bits per heavy atom. The van der Waals surface area contributed by atoms with Gasteiger partial charge in [0.15, 0.2) is 5.13 Å². The molecule has 0 aliphatic heterocycles. The van der Waals surface area contributed by atoms with Crippen molar-refractivity contribution in [2.75, 3.05) is 18.4 Å². The highest BCUT2D eigenvalue weighted by atomic mass is 32.1. The van der Waals surface area contributed by atoms with E-state index in [2.05, 4.69) is 10.3 Å². The monoisotopic (exact) mass is 311 g/mol. The number of nitrogens with one attached hydrogen (secondary N) is 1. The van der Waals surface area contributed by atoms with Gasteiger partial charge in [-0.2, -0.15) is 0 Å². The Morgan fingerprint density at radius 2 is 2.05 bits per heavy atom. The quantitative estimate of drug-likeness (QED) is 0.878. The van der Waals surface area contributed by atoms with Gasteiger partial charge in [0.05, 0.1) is 6.54 Å². The molecule has 1 aromatic heterocycles. The van der Waals surface area contributed by atoms with Crippen LogP contribution in [0.1, 0.15) is 45.4 Å². The highest BCUT2D eigenvalue weighted by Gasteiger charge is 2.22. The van der Waals surface area contributed by atoms with Crippen LogP contribution in [0.2, 0.25) is 0 Å². The molecule has 0 aliphatic rings. The largest absolute Gasteiger partial charge is 0.333 e. The molecule has 0 radical (unpaired) electrons. The molecule has 1 rings (SSSR count). The molecule has 1 heterocycles. The first-order chi connectivity index (χ1) is 9.71. The summed E-state index contributed by atoms with van der Waals surface area (Å²) in [7, 11) is 0. The van der Waals surface area contributed by atoms with E-state index in [1.165, 1.54) is 11.3 Å². The van der Waals surface area contributed by atoms with Crippen LogP contribution in [0, 0.1) is 12.3 Å². The Balaban J connectivity index is 2.60. The third-order valence-corrected chi connectivity index (χ3v) is 3.56. The van der Waals surface area contributed by atoms with E-state index in [1.807, 2.05) is 34.6 Å².